The third-order valence-corrected chi connectivity index (χ3v) is 9.72. The monoisotopic (exact) mass is 618 g/mol. The SMILES string of the molecule is COc1ccc(Cl)cc1C(=O)NCCc1ccc(S(=O)(=O)N(C(=O)NC2CCCCC2)C(=O)NC2CCCCC2)cc1. The molecule has 2 fully saturated rings. The molecule has 2 aliphatic carbocycles. The fourth-order valence-corrected chi connectivity index (χ4v) is 6.88. The lowest BCUT2D eigenvalue weighted by Gasteiger charge is -2.29. The van der Waals surface area contributed by atoms with Crippen molar-refractivity contribution in [1.82, 2.24) is 20.3 Å². The summed E-state index contributed by atoms with van der Waals surface area (Å²) in [6.45, 7) is 0.278. The van der Waals surface area contributed by atoms with Crippen LogP contribution in [0.2, 0.25) is 5.02 Å². The lowest BCUT2D eigenvalue weighted by molar-refractivity contribution is 0.0951. The number of ether oxygens (including phenoxy) is 1. The van der Waals surface area contributed by atoms with Crippen molar-refractivity contribution in [1.29, 1.82) is 0 Å². The maximum atomic E-state index is 13.7. The fourth-order valence-electron chi connectivity index (χ4n) is 5.48. The number of benzene rings is 2. The number of rotatable bonds is 9. The van der Waals surface area contributed by atoms with Crippen LogP contribution in [0.4, 0.5) is 9.59 Å². The van der Waals surface area contributed by atoms with Crippen LogP contribution in [-0.2, 0) is 16.4 Å². The Bertz CT molecular complexity index is 1320. The Kier molecular flexibility index (Phi) is 11.1. The molecule has 5 amide bonds. The molecule has 0 radical (unpaired) electrons. The van der Waals surface area contributed by atoms with Crippen LogP contribution in [0.25, 0.3) is 0 Å². The van der Waals surface area contributed by atoms with E-state index < -0.39 is 22.1 Å². The van der Waals surface area contributed by atoms with E-state index in [0.717, 1.165) is 69.8 Å². The summed E-state index contributed by atoms with van der Waals surface area (Å²) in [6, 6.07) is 8.53. The molecule has 0 atom stereocenters. The molecular formula is C30H39ClN4O6S. The van der Waals surface area contributed by atoms with Crippen molar-refractivity contribution < 1.29 is 27.5 Å². The van der Waals surface area contributed by atoms with Gasteiger partial charge in [-0.05, 0) is 68.0 Å². The van der Waals surface area contributed by atoms with Crippen molar-refractivity contribution >= 4 is 39.6 Å². The highest BCUT2D eigenvalue weighted by Gasteiger charge is 2.37. The van der Waals surface area contributed by atoms with Crippen molar-refractivity contribution in [3.63, 3.8) is 0 Å². The van der Waals surface area contributed by atoms with Gasteiger partial charge in [-0.15, -0.1) is 4.31 Å². The van der Waals surface area contributed by atoms with E-state index in [1.807, 2.05) is 0 Å². The van der Waals surface area contributed by atoms with E-state index in [-0.39, 0.29) is 29.4 Å². The molecule has 0 heterocycles. The summed E-state index contributed by atoms with van der Waals surface area (Å²) in [5, 5.41) is 8.77. The summed E-state index contributed by atoms with van der Waals surface area (Å²) in [4.78, 5) is 39.0. The van der Waals surface area contributed by atoms with Gasteiger partial charge in [-0.3, -0.25) is 4.79 Å². The average molecular weight is 619 g/mol. The van der Waals surface area contributed by atoms with Gasteiger partial charge in [0.25, 0.3) is 15.9 Å². The second-order valence-corrected chi connectivity index (χ2v) is 13.1. The van der Waals surface area contributed by atoms with Gasteiger partial charge in [0.05, 0.1) is 17.6 Å². The first-order valence-corrected chi connectivity index (χ1v) is 16.4. The van der Waals surface area contributed by atoms with Crippen LogP contribution in [0.5, 0.6) is 5.75 Å². The summed E-state index contributed by atoms with van der Waals surface area (Å²) in [6.07, 6.45) is 9.34. The van der Waals surface area contributed by atoms with Crippen LogP contribution in [-0.4, -0.2) is 56.4 Å². The predicted octanol–water partition coefficient (Wildman–Crippen LogP) is 5.40. The average Bonchev–Trinajstić information content (AvgIpc) is 2.98. The quantitative estimate of drug-likeness (QED) is 0.345. The zero-order valence-corrected chi connectivity index (χ0v) is 25.4. The molecule has 4 rings (SSSR count). The van der Waals surface area contributed by atoms with E-state index in [1.165, 1.54) is 25.3 Å². The summed E-state index contributed by atoms with van der Waals surface area (Å²) < 4.78 is 32.9. The molecule has 0 unspecified atom stereocenters. The Labute approximate surface area is 252 Å². The lowest BCUT2D eigenvalue weighted by Crippen LogP contribution is -2.55. The van der Waals surface area contributed by atoms with Crippen LogP contribution in [0.15, 0.2) is 47.4 Å². The van der Waals surface area contributed by atoms with Gasteiger partial charge in [-0.25, -0.2) is 18.0 Å². The molecule has 2 aliphatic rings. The highest BCUT2D eigenvalue weighted by atomic mass is 35.5. The molecule has 0 aliphatic heterocycles. The van der Waals surface area contributed by atoms with Crippen molar-refractivity contribution in [2.24, 2.45) is 0 Å². The first kappa shape index (κ1) is 31.6. The number of amides is 5. The number of hydrogen-bond acceptors (Lipinski definition) is 6. The minimum absolute atomic E-state index is 0.170. The van der Waals surface area contributed by atoms with E-state index in [0.29, 0.717) is 27.1 Å². The Morgan fingerprint density at radius 3 is 1.93 bits per heavy atom. The molecule has 12 heteroatoms. The number of carbonyl (C=O) groups excluding carboxylic acids is 3. The van der Waals surface area contributed by atoms with Gasteiger partial charge in [0.1, 0.15) is 5.75 Å². The predicted molar refractivity (Wildman–Crippen MR) is 160 cm³/mol. The van der Waals surface area contributed by atoms with Gasteiger partial charge < -0.3 is 20.7 Å². The van der Waals surface area contributed by atoms with Crippen molar-refractivity contribution in [2.75, 3.05) is 13.7 Å². The molecule has 0 bridgehead atoms. The van der Waals surface area contributed by atoms with Crippen LogP contribution < -0.4 is 20.7 Å². The normalized spacial score (nSPS) is 16.3. The topological polar surface area (TPSA) is 134 Å². The van der Waals surface area contributed by atoms with E-state index in [4.69, 9.17) is 16.3 Å². The molecule has 0 spiro atoms. The summed E-state index contributed by atoms with van der Waals surface area (Å²) >= 11 is 6.02. The first-order chi connectivity index (χ1) is 20.2. The molecule has 2 aromatic rings. The molecule has 0 saturated heterocycles. The minimum atomic E-state index is -4.49. The van der Waals surface area contributed by atoms with Gasteiger partial charge in [-0.1, -0.05) is 62.3 Å². The number of imide groups is 1. The standard InChI is InChI=1S/C30H39ClN4O6S/c1-41-27-17-14-22(31)20-26(27)28(36)32-19-18-21-12-15-25(16-13-21)42(39,40)35(29(37)33-23-8-4-2-5-9-23)30(38)34-24-10-6-3-7-11-24/h12-17,20,23-24H,2-11,18-19H2,1H3,(H,32,36)(H,33,37)(H,34,38). The molecule has 10 nitrogen and oxygen atoms in total. The largest absolute Gasteiger partial charge is 0.496 e. The molecule has 2 saturated carbocycles. The third kappa shape index (κ3) is 8.16. The summed E-state index contributed by atoms with van der Waals surface area (Å²) in [7, 11) is -3.02. The first-order valence-electron chi connectivity index (χ1n) is 14.6. The maximum absolute atomic E-state index is 13.7. The van der Waals surface area contributed by atoms with Gasteiger partial charge in [0.2, 0.25) is 0 Å². The van der Waals surface area contributed by atoms with Crippen LogP contribution >= 0.6 is 11.6 Å². The number of halogens is 1. The highest BCUT2D eigenvalue weighted by Crippen LogP contribution is 2.24. The van der Waals surface area contributed by atoms with Gasteiger partial charge >= 0.3 is 12.1 Å². The minimum Gasteiger partial charge on any atom is -0.496 e. The highest BCUT2D eigenvalue weighted by molar-refractivity contribution is 7.90. The van der Waals surface area contributed by atoms with Crippen LogP contribution in [0.3, 0.4) is 0 Å². The van der Waals surface area contributed by atoms with Gasteiger partial charge in [0.15, 0.2) is 0 Å². The van der Waals surface area contributed by atoms with E-state index in [1.54, 1.807) is 24.3 Å². The number of nitrogens with one attached hydrogen (secondary N) is 3. The van der Waals surface area contributed by atoms with E-state index >= 15 is 0 Å². The molecule has 3 N–H and O–H groups in total. The van der Waals surface area contributed by atoms with Crippen molar-refractivity contribution in [2.45, 2.75) is 87.6 Å². The molecule has 42 heavy (non-hydrogen) atoms. The summed E-state index contributed by atoms with van der Waals surface area (Å²) in [5.41, 5.74) is 1.07. The Balaban J connectivity index is 1.44. The lowest BCUT2D eigenvalue weighted by atomic mass is 9.95. The number of nitrogens with zero attached hydrogens (tertiary/aromatic N) is 1. The number of urea groups is 2. The second kappa shape index (κ2) is 14.7. The molecule has 2 aromatic carbocycles. The number of carbonyl (C=O) groups is 3. The Hall–Kier alpha value is -3.31. The van der Waals surface area contributed by atoms with E-state index in [9.17, 15) is 22.8 Å². The maximum Gasteiger partial charge on any atom is 0.340 e. The number of hydrogen-bond donors (Lipinski definition) is 3. The molecule has 228 valence electrons. The third-order valence-electron chi connectivity index (χ3n) is 7.80. The number of sulfonamides is 1. The Morgan fingerprint density at radius 1 is 0.857 bits per heavy atom. The van der Waals surface area contributed by atoms with E-state index in [2.05, 4.69) is 16.0 Å². The molecular weight excluding hydrogens is 580 g/mol. The molecule has 0 aromatic heterocycles. The fraction of sp³-hybridized carbons (Fsp3) is 0.500. The van der Waals surface area contributed by atoms with Gasteiger partial charge in [0, 0.05) is 23.7 Å². The van der Waals surface area contributed by atoms with Crippen LogP contribution in [0.1, 0.15) is 80.1 Å². The van der Waals surface area contributed by atoms with Crippen molar-refractivity contribution in [3.8, 4) is 5.75 Å². The zero-order chi connectivity index (χ0) is 30.1. The Morgan fingerprint density at radius 2 is 1.40 bits per heavy atom. The zero-order valence-electron chi connectivity index (χ0n) is 23.9. The summed E-state index contributed by atoms with van der Waals surface area (Å²) in [5.74, 6) is 0.0493. The second-order valence-electron chi connectivity index (χ2n) is 10.8. The number of methoxy groups -OCH3 is 1. The van der Waals surface area contributed by atoms with Crippen LogP contribution in [0, 0.1) is 0 Å². The van der Waals surface area contributed by atoms with Crippen molar-refractivity contribution in [3.05, 3.63) is 58.6 Å². The van der Waals surface area contributed by atoms with Gasteiger partial charge in [-0.2, -0.15) is 0 Å². The smallest absolute Gasteiger partial charge is 0.340 e.